The minimum absolute atomic E-state index is 0.0661. The number of amides is 1. The molecule has 0 bridgehead atoms. The highest BCUT2D eigenvalue weighted by Gasteiger charge is 2.42. The van der Waals surface area contributed by atoms with E-state index in [9.17, 15) is 13.6 Å². The lowest BCUT2D eigenvalue weighted by molar-refractivity contribution is -0.131. The van der Waals surface area contributed by atoms with Gasteiger partial charge in [-0.2, -0.15) is 0 Å². The fraction of sp³-hybridized carbons (Fsp3) is 0.345. The lowest BCUT2D eigenvalue weighted by Gasteiger charge is -2.20. The summed E-state index contributed by atoms with van der Waals surface area (Å²) >= 11 is 0. The van der Waals surface area contributed by atoms with E-state index in [1.165, 1.54) is 13.2 Å². The third-order valence-corrected chi connectivity index (χ3v) is 6.92. The largest absolute Gasteiger partial charge is 0.493 e. The number of halogens is 2. The van der Waals surface area contributed by atoms with Crippen molar-refractivity contribution >= 4 is 5.91 Å². The maximum atomic E-state index is 14.5. The molecule has 0 radical (unpaired) electrons. The first-order valence-corrected chi connectivity index (χ1v) is 12.1. The minimum atomic E-state index is -0.808. The summed E-state index contributed by atoms with van der Waals surface area (Å²) in [4.78, 5) is 15.6. The van der Waals surface area contributed by atoms with Gasteiger partial charge in [0.05, 0.1) is 41.5 Å². The van der Waals surface area contributed by atoms with E-state index in [0.29, 0.717) is 41.7 Å². The maximum Gasteiger partial charge on any atom is 0.227 e. The Hall–Kier alpha value is -4.01. The Morgan fingerprint density at radius 1 is 0.789 bits per heavy atom. The summed E-state index contributed by atoms with van der Waals surface area (Å²) in [5.74, 6) is -0.366. The van der Waals surface area contributed by atoms with Crippen molar-refractivity contribution in [1.29, 1.82) is 0 Å². The minimum Gasteiger partial charge on any atom is -0.493 e. The smallest absolute Gasteiger partial charge is 0.227 e. The zero-order valence-electron chi connectivity index (χ0n) is 22.0. The van der Waals surface area contributed by atoms with Crippen LogP contribution in [0.3, 0.4) is 0 Å². The predicted octanol–water partition coefficient (Wildman–Crippen LogP) is 4.99. The molecule has 0 aliphatic carbocycles. The molecule has 0 spiro atoms. The second-order valence-electron chi connectivity index (χ2n) is 9.02. The Morgan fingerprint density at radius 3 is 2.05 bits per heavy atom. The molecule has 202 valence electrons. The van der Waals surface area contributed by atoms with E-state index in [2.05, 4.69) is 0 Å². The van der Waals surface area contributed by atoms with Gasteiger partial charge in [-0.05, 0) is 47.9 Å². The summed E-state index contributed by atoms with van der Waals surface area (Å²) in [6.07, 6.45) is 0.0954. The molecular weight excluding hydrogens is 496 g/mol. The molecule has 3 aromatic rings. The van der Waals surface area contributed by atoms with Gasteiger partial charge in [0.15, 0.2) is 34.6 Å². The number of likely N-dealkylation sites (tertiary alicyclic amines) is 1. The van der Waals surface area contributed by atoms with Crippen LogP contribution in [0.4, 0.5) is 8.78 Å². The van der Waals surface area contributed by atoms with Gasteiger partial charge in [0.1, 0.15) is 5.82 Å². The molecular formula is C29H31F2NO6. The Balaban J connectivity index is 1.72. The number of carbonyl (C=O) groups is 1. The van der Waals surface area contributed by atoms with E-state index in [1.54, 1.807) is 45.5 Å². The average molecular weight is 528 g/mol. The maximum absolute atomic E-state index is 14.5. The van der Waals surface area contributed by atoms with Crippen molar-refractivity contribution in [2.75, 3.05) is 42.1 Å². The van der Waals surface area contributed by atoms with Gasteiger partial charge in [0.25, 0.3) is 0 Å². The summed E-state index contributed by atoms with van der Waals surface area (Å²) in [5.41, 5.74) is 2.01. The van der Waals surface area contributed by atoms with Crippen LogP contribution < -0.4 is 23.7 Å². The van der Waals surface area contributed by atoms with Crippen molar-refractivity contribution in [1.82, 2.24) is 4.90 Å². The van der Waals surface area contributed by atoms with Gasteiger partial charge in [-0.15, -0.1) is 0 Å². The van der Waals surface area contributed by atoms with Crippen LogP contribution in [0, 0.1) is 17.6 Å². The number of methoxy groups -OCH3 is 5. The second kappa shape index (κ2) is 11.6. The summed E-state index contributed by atoms with van der Waals surface area (Å²) in [6, 6.07) is 13.0. The molecule has 1 aliphatic rings. The number of carbonyl (C=O) groups excluding carboxylic acids is 1. The Kier molecular flexibility index (Phi) is 8.24. The fourth-order valence-corrected chi connectivity index (χ4v) is 5.08. The van der Waals surface area contributed by atoms with Crippen LogP contribution in [0.25, 0.3) is 0 Å². The summed E-state index contributed by atoms with van der Waals surface area (Å²) in [5, 5.41) is 0. The van der Waals surface area contributed by atoms with Crippen LogP contribution in [0.15, 0.2) is 48.5 Å². The van der Waals surface area contributed by atoms with Crippen LogP contribution in [0.2, 0.25) is 0 Å². The van der Waals surface area contributed by atoms with E-state index in [4.69, 9.17) is 23.7 Å². The topological polar surface area (TPSA) is 66.5 Å². The van der Waals surface area contributed by atoms with Crippen LogP contribution in [0.1, 0.15) is 22.6 Å². The van der Waals surface area contributed by atoms with Crippen LogP contribution >= 0.6 is 0 Å². The van der Waals surface area contributed by atoms with Crippen molar-refractivity contribution in [3.8, 4) is 28.7 Å². The Bertz CT molecular complexity index is 1310. The first-order chi connectivity index (χ1) is 18.3. The molecule has 9 heteroatoms. The molecule has 38 heavy (non-hydrogen) atoms. The van der Waals surface area contributed by atoms with Crippen molar-refractivity contribution in [3.63, 3.8) is 0 Å². The van der Waals surface area contributed by atoms with Crippen LogP contribution in [-0.2, 0) is 17.8 Å². The number of rotatable bonds is 10. The molecule has 0 saturated carbocycles. The second-order valence-corrected chi connectivity index (χ2v) is 9.02. The molecule has 7 nitrogen and oxygen atoms in total. The fourth-order valence-electron chi connectivity index (χ4n) is 5.08. The van der Waals surface area contributed by atoms with Crippen molar-refractivity contribution < 1.29 is 37.3 Å². The highest BCUT2D eigenvalue weighted by molar-refractivity contribution is 5.83. The molecule has 2 unspecified atom stereocenters. The molecule has 1 fully saturated rings. The first kappa shape index (κ1) is 27.0. The predicted molar refractivity (Wildman–Crippen MR) is 137 cm³/mol. The lowest BCUT2D eigenvalue weighted by Crippen LogP contribution is -2.27. The lowest BCUT2D eigenvalue weighted by atomic mass is 9.84. The Morgan fingerprint density at radius 2 is 1.42 bits per heavy atom. The standard InChI is InChI=1S/C29H31F2NO6/c1-34-24-8-6-17(10-26(24)36-3)15-32-16-22(18-7-9-25(35-2)27(13-18)37-4)21(29(32)33)12-19-11-20(30)14-23(31)28(19)38-5/h6-11,13-14,21-22H,12,15-16H2,1-5H3. The molecule has 0 N–H and O–H groups in total. The van der Waals surface area contributed by atoms with Gasteiger partial charge in [0.2, 0.25) is 5.91 Å². The molecule has 2 atom stereocenters. The van der Waals surface area contributed by atoms with Crippen LogP contribution in [-0.4, -0.2) is 52.9 Å². The number of benzene rings is 3. The molecule has 0 aromatic heterocycles. The molecule has 3 aromatic carbocycles. The first-order valence-electron chi connectivity index (χ1n) is 12.1. The molecule has 1 heterocycles. The monoisotopic (exact) mass is 527 g/mol. The van der Waals surface area contributed by atoms with Gasteiger partial charge in [-0.1, -0.05) is 12.1 Å². The highest BCUT2D eigenvalue weighted by Crippen LogP contribution is 2.41. The van der Waals surface area contributed by atoms with Gasteiger partial charge < -0.3 is 28.6 Å². The van der Waals surface area contributed by atoms with Crippen molar-refractivity contribution in [3.05, 3.63) is 76.9 Å². The summed E-state index contributed by atoms with van der Waals surface area (Å²) in [6.45, 7) is 0.724. The Labute approximate surface area is 220 Å². The van der Waals surface area contributed by atoms with E-state index in [-0.39, 0.29) is 24.0 Å². The van der Waals surface area contributed by atoms with E-state index in [1.807, 2.05) is 24.3 Å². The zero-order valence-corrected chi connectivity index (χ0v) is 22.0. The molecule has 4 rings (SSSR count). The molecule has 1 saturated heterocycles. The van der Waals surface area contributed by atoms with Crippen molar-refractivity contribution in [2.45, 2.75) is 18.9 Å². The van der Waals surface area contributed by atoms with Gasteiger partial charge in [-0.25, -0.2) is 8.78 Å². The number of ether oxygens (including phenoxy) is 5. The zero-order chi connectivity index (χ0) is 27.4. The summed E-state index contributed by atoms with van der Waals surface area (Å²) in [7, 11) is 7.53. The number of hydrogen-bond donors (Lipinski definition) is 0. The molecule has 1 amide bonds. The van der Waals surface area contributed by atoms with Crippen LogP contribution in [0.5, 0.6) is 28.7 Å². The highest BCUT2D eigenvalue weighted by atomic mass is 19.1. The number of hydrogen-bond acceptors (Lipinski definition) is 6. The average Bonchev–Trinajstić information content (AvgIpc) is 3.22. The van der Waals surface area contributed by atoms with Gasteiger partial charge in [0, 0.05) is 30.6 Å². The van der Waals surface area contributed by atoms with Gasteiger partial charge >= 0.3 is 0 Å². The third kappa shape index (κ3) is 5.32. The third-order valence-electron chi connectivity index (χ3n) is 6.92. The SMILES string of the molecule is COc1ccc(CN2CC(c3ccc(OC)c(OC)c3)C(Cc3cc(F)cc(F)c3OC)C2=O)cc1OC. The number of nitrogens with zero attached hydrogens (tertiary/aromatic N) is 1. The van der Waals surface area contributed by atoms with E-state index < -0.39 is 17.6 Å². The normalized spacial score (nSPS) is 16.9. The van der Waals surface area contributed by atoms with Crippen molar-refractivity contribution in [2.24, 2.45) is 5.92 Å². The van der Waals surface area contributed by atoms with Gasteiger partial charge in [-0.3, -0.25) is 4.79 Å². The molecule has 1 aliphatic heterocycles. The van der Waals surface area contributed by atoms with E-state index >= 15 is 0 Å². The van der Waals surface area contributed by atoms with E-state index in [0.717, 1.165) is 17.2 Å². The quantitative estimate of drug-likeness (QED) is 0.370. The summed E-state index contributed by atoms with van der Waals surface area (Å²) < 4.78 is 55.5.